The van der Waals surface area contributed by atoms with Crippen molar-refractivity contribution in [1.29, 1.82) is 0 Å². The molecule has 2 heterocycles. The van der Waals surface area contributed by atoms with Crippen LogP contribution in [0.1, 0.15) is 15.9 Å². The summed E-state index contributed by atoms with van der Waals surface area (Å²) in [6, 6.07) is 11.4. The zero-order valence-electron chi connectivity index (χ0n) is 18.6. The van der Waals surface area contributed by atoms with Crippen LogP contribution in [0.4, 0.5) is 5.69 Å². The number of nitrogens with zero attached hydrogens (tertiary/aromatic N) is 2. The van der Waals surface area contributed by atoms with Crippen LogP contribution in [0.2, 0.25) is 5.02 Å². The molecule has 0 aromatic heterocycles. The highest BCUT2D eigenvalue weighted by molar-refractivity contribution is 8.00. The van der Waals surface area contributed by atoms with Gasteiger partial charge in [0.05, 0.1) is 11.5 Å². The molecule has 3 atom stereocenters. The predicted molar refractivity (Wildman–Crippen MR) is 128 cm³/mol. The topological polar surface area (TPSA) is 128 Å². The summed E-state index contributed by atoms with van der Waals surface area (Å²) in [5.74, 6) is -0.850. The maximum absolute atomic E-state index is 13.1. The van der Waals surface area contributed by atoms with E-state index in [9.17, 15) is 24.5 Å². The van der Waals surface area contributed by atoms with Crippen LogP contribution >= 0.6 is 23.4 Å². The number of carbonyl (C=O) groups is 3. The van der Waals surface area contributed by atoms with Gasteiger partial charge >= 0.3 is 5.97 Å². The number of nitro groups is 1. The first-order valence-corrected chi connectivity index (χ1v) is 12.0. The van der Waals surface area contributed by atoms with E-state index in [-0.39, 0.29) is 42.6 Å². The number of non-ortho nitro benzene ring substituents is 1. The minimum Gasteiger partial charge on any atom is -0.460 e. The molecule has 0 bridgehead atoms. The summed E-state index contributed by atoms with van der Waals surface area (Å²) in [6.45, 7) is 0.0885. The quantitative estimate of drug-likeness (QED) is 0.244. The summed E-state index contributed by atoms with van der Waals surface area (Å²) in [7, 11) is 1.47. The molecule has 2 saturated heterocycles. The molecule has 0 radical (unpaired) electrons. The number of hydrogen-bond donors (Lipinski definition) is 1. The maximum atomic E-state index is 13.1. The van der Waals surface area contributed by atoms with Crippen molar-refractivity contribution in [2.45, 2.75) is 18.0 Å². The average Bonchev–Trinajstić information content (AvgIpc) is 2.86. The lowest BCUT2D eigenvalue weighted by Crippen LogP contribution is -2.74. The molecule has 2 aromatic rings. The Morgan fingerprint density at radius 2 is 1.91 bits per heavy atom. The molecule has 184 valence electrons. The normalized spacial score (nSPS) is 23.1. The van der Waals surface area contributed by atoms with Gasteiger partial charge in [-0.3, -0.25) is 24.5 Å². The second kappa shape index (κ2) is 10.2. The first kappa shape index (κ1) is 25.0. The van der Waals surface area contributed by atoms with Crippen LogP contribution in [0.25, 0.3) is 0 Å². The van der Waals surface area contributed by atoms with Crippen molar-refractivity contribution >= 4 is 46.8 Å². The number of thioether (sulfide) groups is 1. The smallest absolute Gasteiger partial charge is 0.317 e. The van der Waals surface area contributed by atoms with E-state index in [0.717, 1.165) is 0 Å². The molecule has 35 heavy (non-hydrogen) atoms. The predicted octanol–water partition coefficient (Wildman–Crippen LogP) is 2.64. The summed E-state index contributed by atoms with van der Waals surface area (Å²) in [5.41, 5.74) is -0.134. The Balaban J connectivity index is 1.38. The van der Waals surface area contributed by atoms with E-state index in [1.165, 1.54) is 43.1 Å². The standard InChI is InChI=1S/C23H22ClN3O7S/c1-33-12-23(22(30)34-10-14-2-8-17(9-3-14)27(31)32)11-26-20(29)18(21(26)35-13-23)25-19(28)15-4-6-16(24)7-5-15/h2-9,18,21H,10-13H2,1H3,(H,25,28)/t18?,21-,23?/m1/s1. The van der Waals surface area contributed by atoms with Crippen molar-refractivity contribution in [3.05, 3.63) is 74.8 Å². The Morgan fingerprint density at radius 3 is 2.54 bits per heavy atom. The Hall–Kier alpha value is -3.15. The van der Waals surface area contributed by atoms with E-state index in [0.29, 0.717) is 21.9 Å². The van der Waals surface area contributed by atoms with Gasteiger partial charge < -0.3 is 19.7 Å². The van der Waals surface area contributed by atoms with Crippen LogP contribution in [-0.2, 0) is 25.7 Å². The third-order valence-corrected chi connectivity index (χ3v) is 7.75. The van der Waals surface area contributed by atoms with Crippen LogP contribution in [-0.4, -0.2) is 65.0 Å². The molecule has 4 rings (SSSR count). The Bertz CT molecular complexity index is 1140. The highest BCUT2D eigenvalue weighted by Gasteiger charge is 2.58. The van der Waals surface area contributed by atoms with Gasteiger partial charge in [0.25, 0.3) is 11.6 Å². The van der Waals surface area contributed by atoms with Gasteiger partial charge in [-0.15, -0.1) is 11.8 Å². The number of esters is 1. The summed E-state index contributed by atoms with van der Waals surface area (Å²) >= 11 is 7.24. The molecule has 2 fully saturated rings. The highest BCUT2D eigenvalue weighted by atomic mass is 35.5. The number of nitro benzene ring substituents is 1. The van der Waals surface area contributed by atoms with Gasteiger partial charge in [0, 0.05) is 42.1 Å². The van der Waals surface area contributed by atoms with Gasteiger partial charge in [-0.1, -0.05) is 11.6 Å². The Morgan fingerprint density at radius 1 is 1.23 bits per heavy atom. The molecule has 0 spiro atoms. The largest absolute Gasteiger partial charge is 0.460 e. The van der Waals surface area contributed by atoms with Gasteiger partial charge in [-0.25, -0.2) is 0 Å². The van der Waals surface area contributed by atoms with E-state index in [2.05, 4.69) is 5.32 Å². The van der Waals surface area contributed by atoms with Gasteiger partial charge in [0.1, 0.15) is 23.4 Å². The molecule has 2 unspecified atom stereocenters. The number of benzene rings is 2. The van der Waals surface area contributed by atoms with Gasteiger partial charge in [0.2, 0.25) is 5.91 Å². The first-order chi connectivity index (χ1) is 16.7. The number of β-lactam (4-membered cyclic amide) rings is 1. The van der Waals surface area contributed by atoms with Crippen LogP contribution in [0.3, 0.4) is 0 Å². The minimum absolute atomic E-state index is 0.0530. The molecule has 2 aliphatic heterocycles. The number of halogens is 1. The monoisotopic (exact) mass is 519 g/mol. The lowest BCUT2D eigenvalue weighted by atomic mass is 9.88. The van der Waals surface area contributed by atoms with Crippen molar-refractivity contribution in [2.75, 3.05) is 26.0 Å². The summed E-state index contributed by atoms with van der Waals surface area (Å²) in [5, 5.41) is 13.8. The SMILES string of the molecule is COCC1(C(=O)OCc2ccc([N+](=O)[O-])cc2)CS[C@@H]2C(NC(=O)c3ccc(Cl)cc3)C(=O)N2C1. The van der Waals surface area contributed by atoms with Crippen LogP contribution in [0.15, 0.2) is 48.5 Å². The lowest BCUT2D eigenvalue weighted by Gasteiger charge is -2.53. The van der Waals surface area contributed by atoms with E-state index >= 15 is 0 Å². The number of ether oxygens (including phenoxy) is 2. The third-order valence-electron chi connectivity index (χ3n) is 5.91. The lowest BCUT2D eigenvalue weighted by molar-refractivity contribution is -0.384. The molecule has 10 nitrogen and oxygen atoms in total. The van der Waals surface area contributed by atoms with Gasteiger partial charge in [-0.05, 0) is 42.0 Å². The van der Waals surface area contributed by atoms with E-state index in [1.807, 2.05) is 0 Å². The molecule has 0 saturated carbocycles. The minimum atomic E-state index is -1.07. The third kappa shape index (κ3) is 5.12. The molecule has 12 heteroatoms. The molecule has 2 aliphatic rings. The van der Waals surface area contributed by atoms with Gasteiger partial charge in [0.15, 0.2) is 0 Å². The van der Waals surface area contributed by atoms with Crippen LogP contribution < -0.4 is 5.32 Å². The second-order valence-electron chi connectivity index (χ2n) is 8.34. The second-order valence-corrected chi connectivity index (χ2v) is 9.88. The van der Waals surface area contributed by atoms with Crippen LogP contribution in [0.5, 0.6) is 0 Å². The number of methoxy groups -OCH3 is 1. The van der Waals surface area contributed by atoms with E-state index < -0.39 is 22.3 Å². The summed E-state index contributed by atoms with van der Waals surface area (Å²) in [6.07, 6.45) is 0. The molecule has 0 aliphatic carbocycles. The number of carbonyl (C=O) groups excluding carboxylic acids is 3. The molecule has 2 aromatic carbocycles. The number of amides is 2. The fourth-order valence-electron chi connectivity index (χ4n) is 4.02. The number of fused-ring (bicyclic) bond motifs is 1. The van der Waals surface area contributed by atoms with Crippen molar-refractivity contribution in [3.8, 4) is 0 Å². The maximum Gasteiger partial charge on any atom is 0.317 e. The number of nitrogens with one attached hydrogen (secondary N) is 1. The van der Waals surface area contributed by atoms with Crippen molar-refractivity contribution in [2.24, 2.45) is 5.41 Å². The van der Waals surface area contributed by atoms with Crippen molar-refractivity contribution in [3.63, 3.8) is 0 Å². The molecular formula is C23H22ClN3O7S. The molecule has 2 amide bonds. The highest BCUT2D eigenvalue weighted by Crippen LogP contribution is 2.43. The summed E-state index contributed by atoms with van der Waals surface area (Å²) in [4.78, 5) is 50.3. The zero-order chi connectivity index (χ0) is 25.2. The zero-order valence-corrected chi connectivity index (χ0v) is 20.2. The average molecular weight is 520 g/mol. The van der Waals surface area contributed by atoms with Crippen molar-refractivity contribution < 1.29 is 28.8 Å². The fourth-order valence-corrected chi connectivity index (χ4v) is 5.66. The number of hydrogen-bond acceptors (Lipinski definition) is 8. The Labute approximate surface area is 210 Å². The summed E-state index contributed by atoms with van der Waals surface area (Å²) < 4.78 is 10.8. The van der Waals surface area contributed by atoms with E-state index in [1.54, 1.807) is 29.2 Å². The van der Waals surface area contributed by atoms with Crippen LogP contribution in [0, 0.1) is 15.5 Å². The van der Waals surface area contributed by atoms with Gasteiger partial charge in [-0.2, -0.15) is 0 Å². The molecule has 1 N–H and O–H groups in total. The molecular weight excluding hydrogens is 498 g/mol. The fraction of sp³-hybridized carbons (Fsp3) is 0.348. The first-order valence-electron chi connectivity index (χ1n) is 10.6. The number of rotatable bonds is 8. The Kier molecular flexibility index (Phi) is 7.29. The van der Waals surface area contributed by atoms with E-state index in [4.69, 9.17) is 21.1 Å². The van der Waals surface area contributed by atoms with Crippen molar-refractivity contribution in [1.82, 2.24) is 10.2 Å².